The zero-order chi connectivity index (χ0) is 31.1. The third kappa shape index (κ3) is 5.50. The molecule has 4 aromatic rings. The lowest BCUT2D eigenvalue weighted by molar-refractivity contribution is -0.122. The van der Waals surface area contributed by atoms with Crippen LogP contribution in [0.4, 0.5) is 21.5 Å². The molecule has 8 nitrogen and oxygen atoms in total. The van der Waals surface area contributed by atoms with Gasteiger partial charge in [0.05, 0.1) is 16.6 Å². The van der Waals surface area contributed by atoms with E-state index >= 15 is 0 Å². The third-order valence-electron chi connectivity index (χ3n) is 7.94. The molecule has 2 unspecified atom stereocenters. The molecule has 44 heavy (non-hydrogen) atoms. The Balaban J connectivity index is 1.41. The maximum atomic E-state index is 14.1. The number of aromatic nitrogens is 1. The minimum absolute atomic E-state index is 0.293. The van der Waals surface area contributed by atoms with Crippen LogP contribution in [0.3, 0.4) is 0 Å². The van der Waals surface area contributed by atoms with Gasteiger partial charge >= 0.3 is 4.87 Å². The van der Waals surface area contributed by atoms with Gasteiger partial charge in [-0.1, -0.05) is 51.2 Å². The normalized spacial score (nSPS) is 19.1. The number of nitrogens with one attached hydrogen (secondary N) is 1. The van der Waals surface area contributed by atoms with Crippen LogP contribution in [0.1, 0.15) is 30.2 Å². The summed E-state index contributed by atoms with van der Waals surface area (Å²) in [5.41, 5.74) is 2.73. The zero-order valence-electron chi connectivity index (χ0n) is 23.8. The molecule has 1 saturated heterocycles. The Kier molecular flexibility index (Phi) is 8.49. The molecule has 6 rings (SSSR count). The van der Waals surface area contributed by atoms with Gasteiger partial charge in [0.25, 0.3) is 0 Å². The fraction of sp³-hybridized carbons (Fsp3) is 0.250. The van der Waals surface area contributed by atoms with Gasteiger partial charge in [-0.15, -0.1) is 0 Å². The Morgan fingerprint density at radius 2 is 1.59 bits per heavy atom. The number of thioether (sulfide) groups is 1. The lowest BCUT2D eigenvalue weighted by Gasteiger charge is -2.31. The van der Waals surface area contributed by atoms with E-state index in [4.69, 9.17) is 0 Å². The molecule has 3 amide bonds. The first-order chi connectivity index (χ1) is 21.2. The van der Waals surface area contributed by atoms with E-state index in [2.05, 4.69) is 40.0 Å². The summed E-state index contributed by atoms with van der Waals surface area (Å²) in [6.45, 7) is 5.55. The van der Waals surface area contributed by atoms with E-state index in [1.54, 1.807) is 24.3 Å². The number of fused-ring (bicyclic) bond motifs is 2. The summed E-state index contributed by atoms with van der Waals surface area (Å²) in [7, 11) is 0. The van der Waals surface area contributed by atoms with E-state index in [-0.39, 0.29) is 23.2 Å². The molecule has 0 saturated carbocycles. The van der Waals surface area contributed by atoms with Gasteiger partial charge in [0.1, 0.15) is 17.6 Å². The summed E-state index contributed by atoms with van der Waals surface area (Å²) in [4.78, 5) is 58.2. The van der Waals surface area contributed by atoms with Crippen molar-refractivity contribution in [2.45, 2.75) is 36.6 Å². The standard InChI is InChI=1S/C32H28BrFN4O4S2/c1-3-36(4-2)22-13-5-18(6-14-22)25-26-27(30(41)38(29(26)40)23-15-7-19(33)8-16-23)43-31-28(25)44-32(42)37(31)17-24(39)35-21-11-9-20(34)10-12-21/h5-16,25-27H,3-4,17H2,1-2H3,(H,35,39)/t25-,26?,27?/m1/s1. The molecule has 1 aromatic heterocycles. The number of imide groups is 1. The van der Waals surface area contributed by atoms with Crippen molar-refractivity contribution >= 4 is 73.8 Å². The maximum Gasteiger partial charge on any atom is 0.308 e. The van der Waals surface area contributed by atoms with E-state index in [0.717, 1.165) is 40.1 Å². The first kappa shape index (κ1) is 30.3. The van der Waals surface area contributed by atoms with Crippen LogP contribution in [-0.2, 0) is 20.9 Å². The first-order valence-corrected chi connectivity index (χ1v) is 16.6. The van der Waals surface area contributed by atoms with Gasteiger partial charge in [-0.25, -0.2) is 9.29 Å². The van der Waals surface area contributed by atoms with Crippen molar-refractivity contribution in [2.24, 2.45) is 5.92 Å². The van der Waals surface area contributed by atoms with Crippen LogP contribution in [0, 0.1) is 11.7 Å². The van der Waals surface area contributed by atoms with Gasteiger partial charge in [0, 0.05) is 39.7 Å². The Labute approximate surface area is 270 Å². The highest BCUT2D eigenvalue weighted by atomic mass is 79.9. The van der Waals surface area contributed by atoms with Crippen molar-refractivity contribution in [3.05, 3.63) is 103 Å². The van der Waals surface area contributed by atoms with Crippen LogP contribution in [0.25, 0.3) is 0 Å². The largest absolute Gasteiger partial charge is 0.372 e. The SMILES string of the molecule is CCN(CC)c1ccc([C@H]2c3sc(=O)n(CC(=O)Nc4ccc(F)cc4)c3SC3C(=O)N(c4ccc(Br)cc4)C(=O)C32)cc1. The Hall–Kier alpha value is -3.74. The molecule has 1 N–H and O–H groups in total. The average molecular weight is 696 g/mol. The van der Waals surface area contributed by atoms with Crippen LogP contribution >= 0.6 is 39.0 Å². The molecular formula is C32H28BrFN4O4S2. The molecule has 0 radical (unpaired) electrons. The van der Waals surface area contributed by atoms with Crippen LogP contribution in [0.15, 0.2) is 87.1 Å². The molecule has 3 heterocycles. The van der Waals surface area contributed by atoms with Gasteiger partial charge in [0.15, 0.2) is 0 Å². The molecular weight excluding hydrogens is 667 g/mol. The number of hydrogen-bond donors (Lipinski definition) is 1. The van der Waals surface area contributed by atoms with Crippen LogP contribution < -0.4 is 20.0 Å². The van der Waals surface area contributed by atoms with E-state index in [0.29, 0.717) is 21.3 Å². The number of halogens is 2. The lowest BCUT2D eigenvalue weighted by atomic mass is 9.83. The highest BCUT2D eigenvalue weighted by Gasteiger charge is 2.56. The number of carbonyl (C=O) groups is 3. The minimum Gasteiger partial charge on any atom is -0.372 e. The summed E-state index contributed by atoms with van der Waals surface area (Å²) in [6.07, 6.45) is 0. The van der Waals surface area contributed by atoms with E-state index in [9.17, 15) is 23.6 Å². The van der Waals surface area contributed by atoms with Crippen LogP contribution in [0.5, 0.6) is 0 Å². The predicted molar refractivity (Wildman–Crippen MR) is 175 cm³/mol. The van der Waals surface area contributed by atoms with Gasteiger partial charge in [-0.3, -0.25) is 23.7 Å². The topological polar surface area (TPSA) is 91.7 Å². The highest BCUT2D eigenvalue weighted by molar-refractivity contribution is 9.10. The van der Waals surface area contributed by atoms with Crippen LogP contribution in [0.2, 0.25) is 0 Å². The van der Waals surface area contributed by atoms with Crippen LogP contribution in [-0.4, -0.2) is 40.6 Å². The molecule has 226 valence electrons. The minimum atomic E-state index is -0.786. The molecule has 1 fully saturated rings. The van der Waals surface area contributed by atoms with Gasteiger partial charge < -0.3 is 10.2 Å². The van der Waals surface area contributed by atoms with Crippen molar-refractivity contribution in [1.82, 2.24) is 4.57 Å². The molecule has 12 heteroatoms. The maximum absolute atomic E-state index is 14.1. The summed E-state index contributed by atoms with van der Waals surface area (Å²) in [6, 6.07) is 20.3. The molecule has 3 aromatic carbocycles. The number of hydrogen-bond acceptors (Lipinski definition) is 7. The fourth-order valence-corrected chi connectivity index (χ4v) is 8.86. The van der Waals surface area contributed by atoms with Gasteiger partial charge in [-0.2, -0.15) is 0 Å². The lowest BCUT2D eigenvalue weighted by Crippen LogP contribution is -2.33. The number of amides is 3. The third-order valence-corrected chi connectivity index (χ3v) is 11.1. The summed E-state index contributed by atoms with van der Waals surface area (Å²) in [5.74, 6) is -2.86. The number of rotatable bonds is 8. The van der Waals surface area contributed by atoms with Crippen molar-refractivity contribution < 1.29 is 18.8 Å². The van der Waals surface area contributed by atoms with E-state index < -0.39 is 28.8 Å². The van der Waals surface area contributed by atoms with E-state index in [1.165, 1.54) is 45.5 Å². The first-order valence-electron chi connectivity index (χ1n) is 14.1. The predicted octanol–water partition coefficient (Wildman–Crippen LogP) is 6.09. The Morgan fingerprint density at radius 1 is 0.932 bits per heavy atom. The second kappa shape index (κ2) is 12.3. The summed E-state index contributed by atoms with van der Waals surface area (Å²) < 4.78 is 15.5. The second-order valence-corrected chi connectivity index (χ2v) is 13.5. The average Bonchev–Trinajstić information content (AvgIpc) is 3.46. The monoisotopic (exact) mass is 694 g/mol. The fourth-order valence-electron chi connectivity index (χ4n) is 5.82. The second-order valence-electron chi connectivity index (χ2n) is 10.5. The molecule has 3 atom stereocenters. The number of thiazole rings is 1. The number of nitrogens with zero attached hydrogens (tertiary/aromatic N) is 3. The van der Waals surface area contributed by atoms with Crippen molar-refractivity contribution in [1.29, 1.82) is 0 Å². The summed E-state index contributed by atoms with van der Waals surface area (Å²) >= 11 is 5.57. The smallest absolute Gasteiger partial charge is 0.308 e. The zero-order valence-corrected chi connectivity index (χ0v) is 27.0. The van der Waals surface area contributed by atoms with Crippen molar-refractivity contribution in [3.8, 4) is 0 Å². The quantitative estimate of drug-likeness (QED) is 0.225. The van der Waals surface area contributed by atoms with Gasteiger partial charge in [-0.05, 0) is 80.1 Å². The number of carbonyl (C=O) groups excluding carboxylic acids is 3. The molecule has 2 aliphatic heterocycles. The van der Waals surface area contributed by atoms with E-state index in [1.807, 2.05) is 24.3 Å². The Morgan fingerprint density at radius 3 is 2.23 bits per heavy atom. The molecule has 0 aliphatic carbocycles. The molecule has 2 aliphatic rings. The van der Waals surface area contributed by atoms with Crippen molar-refractivity contribution in [3.63, 3.8) is 0 Å². The number of benzene rings is 3. The number of anilines is 3. The highest BCUT2D eigenvalue weighted by Crippen LogP contribution is 2.54. The summed E-state index contributed by atoms with van der Waals surface area (Å²) in [5, 5.41) is 2.42. The van der Waals surface area contributed by atoms with Gasteiger partial charge in [0.2, 0.25) is 17.7 Å². The van der Waals surface area contributed by atoms with Crippen molar-refractivity contribution in [2.75, 3.05) is 28.2 Å². The molecule has 0 spiro atoms. The molecule has 0 bridgehead atoms. The Bertz CT molecular complexity index is 1790.